The molecule has 0 saturated carbocycles. The van der Waals surface area contributed by atoms with Gasteiger partial charge in [0.05, 0.1) is 17.5 Å². The Balaban J connectivity index is 0.000000255. The highest BCUT2D eigenvalue weighted by atomic mass is 35.5. The summed E-state index contributed by atoms with van der Waals surface area (Å²) in [4.78, 5) is 23.2. The summed E-state index contributed by atoms with van der Waals surface area (Å²) in [5.41, 5.74) is 4.96. The van der Waals surface area contributed by atoms with E-state index in [-0.39, 0.29) is 24.1 Å². The van der Waals surface area contributed by atoms with Gasteiger partial charge in [-0.1, -0.05) is 23.7 Å². The molecule has 1 fully saturated rings. The molecule has 0 radical (unpaired) electrons. The zero-order valence-electron chi connectivity index (χ0n) is 22.2. The number of carbonyl (C=O) groups is 1. The Kier molecular flexibility index (Phi) is 8.67. The van der Waals surface area contributed by atoms with Crippen molar-refractivity contribution in [2.75, 3.05) is 18.4 Å². The van der Waals surface area contributed by atoms with Crippen molar-refractivity contribution in [3.8, 4) is 5.75 Å². The third-order valence-electron chi connectivity index (χ3n) is 6.69. The third-order valence-corrected chi connectivity index (χ3v) is 8.35. The third kappa shape index (κ3) is 7.46. The SMILES string of the molecule is Cc1cc(Cl)nc2cscc12.Cc1cc(N[C@H]2CCN(C(=O)Cc3ccc(OC(F)(F)F)cc3)C2)nc2cscc12. The molecule has 0 aliphatic carbocycles. The number of likely N-dealkylation sites (tertiary alicyclic amines) is 1. The number of ether oxygens (including phenoxy) is 1. The van der Waals surface area contributed by atoms with Crippen LogP contribution in [0.5, 0.6) is 5.75 Å². The molecule has 5 heterocycles. The highest BCUT2D eigenvalue weighted by Gasteiger charge is 2.31. The van der Waals surface area contributed by atoms with Crippen LogP contribution in [-0.4, -0.2) is 46.3 Å². The summed E-state index contributed by atoms with van der Waals surface area (Å²) < 4.78 is 40.6. The molecular weight excluding hydrogens is 593 g/mol. The van der Waals surface area contributed by atoms with Gasteiger partial charge in [-0.2, -0.15) is 0 Å². The molecule has 6 rings (SSSR count). The molecule has 0 unspecified atom stereocenters. The number of hydrogen-bond acceptors (Lipinski definition) is 7. The van der Waals surface area contributed by atoms with E-state index in [0.29, 0.717) is 23.8 Å². The van der Waals surface area contributed by atoms with Crippen molar-refractivity contribution in [1.29, 1.82) is 0 Å². The number of fused-ring (bicyclic) bond motifs is 2. The van der Waals surface area contributed by atoms with Crippen molar-refractivity contribution in [3.05, 3.63) is 79.8 Å². The van der Waals surface area contributed by atoms with Crippen LogP contribution in [0.3, 0.4) is 0 Å². The Bertz CT molecular complexity index is 1670. The average Bonchev–Trinajstić information content (AvgIpc) is 3.66. The van der Waals surface area contributed by atoms with Crippen molar-refractivity contribution < 1.29 is 22.7 Å². The van der Waals surface area contributed by atoms with Gasteiger partial charge in [-0.3, -0.25) is 4.79 Å². The molecule has 0 spiro atoms. The molecule has 1 saturated heterocycles. The number of hydrogen-bond donors (Lipinski definition) is 1. The first-order chi connectivity index (χ1) is 19.5. The summed E-state index contributed by atoms with van der Waals surface area (Å²) in [7, 11) is 0. The van der Waals surface area contributed by atoms with Gasteiger partial charge in [0.15, 0.2) is 0 Å². The molecule has 4 aromatic heterocycles. The van der Waals surface area contributed by atoms with Crippen molar-refractivity contribution in [3.63, 3.8) is 0 Å². The Morgan fingerprint density at radius 3 is 2.32 bits per heavy atom. The summed E-state index contributed by atoms with van der Waals surface area (Å²) in [6, 6.07) is 9.42. The predicted molar refractivity (Wildman–Crippen MR) is 159 cm³/mol. The van der Waals surface area contributed by atoms with Crippen LogP contribution in [0.15, 0.2) is 57.9 Å². The topological polar surface area (TPSA) is 67.4 Å². The summed E-state index contributed by atoms with van der Waals surface area (Å²) in [5, 5.41) is 14.6. The number of anilines is 1. The van der Waals surface area contributed by atoms with Crippen molar-refractivity contribution in [1.82, 2.24) is 14.9 Å². The maximum atomic E-state index is 12.6. The van der Waals surface area contributed by atoms with Gasteiger partial charge in [0.1, 0.15) is 16.7 Å². The second-order valence-electron chi connectivity index (χ2n) is 9.77. The van der Waals surface area contributed by atoms with E-state index < -0.39 is 6.36 Å². The van der Waals surface area contributed by atoms with Crippen LogP contribution in [0.25, 0.3) is 21.8 Å². The van der Waals surface area contributed by atoms with Crippen LogP contribution in [0, 0.1) is 13.8 Å². The minimum absolute atomic E-state index is 0.0544. The number of halogens is 4. The molecule has 214 valence electrons. The zero-order valence-corrected chi connectivity index (χ0v) is 24.6. The summed E-state index contributed by atoms with van der Waals surface area (Å²) in [5.74, 6) is 0.452. The van der Waals surface area contributed by atoms with E-state index in [0.717, 1.165) is 34.2 Å². The number of amides is 1. The van der Waals surface area contributed by atoms with Crippen LogP contribution in [0.2, 0.25) is 5.15 Å². The first kappa shape index (κ1) is 29.1. The fourth-order valence-corrected chi connectivity index (χ4v) is 6.57. The highest BCUT2D eigenvalue weighted by molar-refractivity contribution is 7.09. The van der Waals surface area contributed by atoms with E-state index >= 15 is 0 Å². The van der Waals surface area contributed by atoms with Gasteiger partial charge in [0.25, 0.3) is 0 Å². The maximum Gasteiger partial charge on any atom is 0.573 e. The molecule has 0 bridgehead atoms. The lowest BCUT2D eigenvalue weighted by atomic mass is 10.1. The highest BCUT2D eigenvalue weighted by Crippen LogP contribution is 2.26. The minimum atomic E-state index is -4.73. The Labute approximate surface area is 247 Å². The standard InChI is InChI=1S/C21H20F3N3O2S.C8H6ClNS/c1-13-8-19(26-18-12-30-11-17(13)18)25-15-6-7-27(10-15)20(28)9-14-2-4-16(5-3-14)29-21(22,23)24;1-5-2-8(9)10-7-4-11-3-6(5)7/h2-5,8,11-12,15H,6-7,9-10H2,1H3,(H,25,26);2-4H,1H3/t15-;/m0./s1. The van der Waals surface area contributed by atoms with Crippen LogP contribution < -0.4 is 10.1 Å². The smallest absolute Gasteiger partial charge is 0.406 e. The largest absolute Gasteiger partial charge is 0.573 e. The van der Waals surface area contributed by atoms with Gasteiger partial charge in [-0.05, 0) is 61.2 Å². The molecule has 1 amide bonds. The number of rotatable bonds is 5. The van der Waals surface area contributed by atoms with E-state index in [9.17, 15) is 18.0 Å². The fourth-order valence-electron chi connectivity index (χ4n) is 4.68. The first-order valence-corrected chi connectivity index (χ1v) is 15.0. The van der Waals surface area contributed by atoms with E-state index in [1.807, 2.05) is 29.8 Å². The van der Waals surface area contributed by atoms with Gasteiger partial charge in [0, 0.05) is 51.4 Å². The zero-order chi connectivity index (χ0) is 29.1. The summed E-state index contributed by atoms with van der Waals surface area (Å²) >= 11 is 9.05. The Hall–Kier alpha value is -3.41. The van der Waals surface area contributed by atoms with E-state index in [1.165, 1.54) is 35.2 Å². The number of nitrogens with one attached hydrogen (secondary N) is 1. The quantitative estimate of drug-likeness (QED) is 0.202. The van der Waals surface area contributed by atoms with Crippen LogP contribution in [0.4, 0.5) is 19.0 Å². The first-order valence-electron chi connectivity index (χ1n) is 12.8. The molecule has 1 aliphatic rings. The number of aromatic nitrogens is 2. The number of nitrogens with zero attached hydrogens (tertiary/aromatic N) is 3. The van der Waals surface area contributed by atoms with Gasteiger partial charge in [-0.25, -0.2) is 9.97 Å². The van der Waals surface area contributed by atoms with Gasteiger partial charge in [-0.15, -0.1) is 35.8 Å². The van der Waals surface area contributed by atoms with Crippen LogP contribution in [0.1, 0.15) is 23.1 Å². The number of aryl methyl sites for hydroxylation is 2. The van der Waals surface area contributed by atoms with Crippen molar-refractivity contribution in [2.45, 2.75) is 39.1 Å². The minimum Gasteiger partial charge on any atom is -0.406 e. The lowest BCUT2D eigenvalue weighted by molar-refractivity contribution is -0.274. The number of benzene rings is 1. The molecule has 1 aliphatic heterocycles. The van der Waals surface area contributed by atoms with Gasteiger partial charge < -0.3 is 15.0 Å². The normalized spacial score (nSPS) is 15.2. The second kappa shape index (κ2) is 12.2. The number of pyridine rings is 2. The maximum absolute atomic E-state index is 12.6. The lowest BCUT2D eigenvalue weighted by Crippen LogP contribution is -2.32. The van der Waals surface area contributed by atoms with Gasteiger partial charge in [0.2, 0.25) is 5.91 Å². The van der Waals surface area contributed by atoms with E-state index in [1.54, 1.807) is 27.6 Å². The molecule has 12 heteroatoms. The predicted octanol–water partition coefficient (Wildman–Crippen LogP) is 8.02. The Morgan fingerprint density at radius 2 is 1.66 bits per heavy atom. The fraction of sp³-hybridized carbons (Fsp3) is 0.276. The molecule has 6 nitrogen and oxygen atoms in total. The molecule has 1 aromatic carbocycles. The average molecular weight is 619 g/mol. The van der Waals surface area contributed by atoms with Crippen molar-refractivity contribution in [2.24, 2.45) is 0 Å². The van der Waals surface area contributed by atoms with Crippen molar-refractivity contribution >= 4 is 67.8 Å². The number of carbonyl (C=O) groups excluding carboxylic acids is 1. The van der Waals surface area contributed by atoms with E-state index in [4.69, 9.17) is 11.6 Å². The monoisotopic (exact) mass is 618 g/mol. The second-order valence-corrected chi connectivity index (χ2v) is 11.6. The van der Waals surface area contributed by atoms with Crippen LogP contribution >= 0.6 is 34.3 Å². The lowest BCUT2D eigenvalue weighted by Gasteiger charge is -2.18. The molecular formula is C29H26ClF3N4O2S2. The van der Waals surface area contributed by atoms with E-state index in [2.05, 4.69) is 37.7 Å². The summed E-state index contributed by atoms with van der Waals surface area (Å²) in [6.07, 6.45) is -3.78. The number of alkyl halides is 3. The molecule has 5 aromatic rings. The van der Waals surface area contributed by atoms with Gasteiger partial charge >= 0.3 is 6.36 Å². The Morgan fingerprint density at radius 1 is 1.02 bits per heavy atom. The number of thiophene rings is 2. The molecule has 1 N–H and O–H groups in total. The molecule has 41 heavy (non-hydrogen) atoms. The summed E-state index contributed by atoms with van der Waals surface area (Å²) in [6.45, 7) is 5.29. The van der Waals surface area contributed by atoms with Crippen LogP contribution in [-0.2, 0) is 11.2 Å². The molecule has 1 atom stereocenters.